The Kier molecular flexibility index (Phi) is 8.36. The lowest BCUT2D eigenvalue weighted by Gasteiger charge is -2.28. The second kappa shape index (κ2) is 10.7. The van der Waals surface area contributed by atoms with Crippen LogP contribution in [0.15, 0.2) is 12.7 Å². The van der Waals surface area contributed by atoms with Gasteiger partial charge in [0.15, 0.2) is 11.5 Å². The first kappa shape index (κ1) is 29.0. The number of nitrogens with two attached hydrogens (primary N) is 1. The van der Waals surface area contributed by atoms with Crippen LogP contribution in [0, 0.1) is 22.2 Å². The van der Waals surface area contributed by atoms with E-state index in [0.29, 0.717) is 23.5 Å². The SMILES string of the molecule is CC(CP(=O)(OCOC(=O)C(C)(C)C)OCOC(=O)C(C)(C)C)C1(Cn2cnc3c(N)ncnc32)CC1. The lowest BCUT2D eigenvalue weighted by molar-refractivity contribution is -0.162. The Morgan fingerprint density at radius 1 is 1.03 bits per heavy atom. The number of anilines is 1. The molecule has 13 heteroatoms. The second-order valence-corrected chi connectivity index (χ2v) is 13.8. The number of ether oxygens (including phenoxy) is 2. The number of aromatic nitrogens is 4. The number of nitrogens with zero attached hydrogens (tertiary/aromatic N) is 4. The molecule has 0 bridgehead atoms. The van der Waals surface area contributed by atoms with Crippen LogP contribution in [0.5, 0.6) is 0 Å². The van der Waals surface area contributed by atoms with Crippen molar-refractivity contribution < 1.29 is 32.7 Å². The smallest absolute Gasteiger partial charge is 0.336 e. The summed E-state index contributed by atoms with van der Waals surface area (Å²) in [6, 6.07) is 0. The van der Waals surface area contributed by atoms with Crippen LogP contribution in [0.3, 0.4) is 0 Å². The maximum absolute atomic E-state index is 13.7. The Hall–Kier alpha value is -2.56. The van der Waals surface area contributed by atoms with Gasteiger partial charge in [0.25, 0.3) is 0 Å². The summed E-state index contributed by atoms with van der Waals surface area (Å²) in [5.41, 5.74) is 5.38. The molecule has 1 aliphatic rings. The highest BCUT2D eigenvalue weighted by molar-refractivity contribution is 7.53. The molecule has 1 fully saturated rings. The summed E-state index contributed by atoms with van der Waals surface area (Å²) >= 11 is 0. The van der Waals surface area contributed by atoms with E-state index in [1.165, 1.54) is 6.33 Å². The van der Waals surface area contributed by atoms with Crippen LogP contribution in [0.1, 0.15) is 61.3 Å². The lowest BCUT2D eigenvalue weighted by atomic mass is 9.92. The van der Waals surface area contributed by atoms with E-state index in [-0.39, 0.29) is 17.5 Å². The molecule has 0 aromatic carbocycles. The van der Waals surface area contributed by atoms with Crippen LogP contribution in [-0.4, -0.2) is 51.2 Å². The molecular formula is C24H38N5O7P. The van der Waals surface area contributed by atoms with E-state index < -0.39 is 44.0 Å². The molecule has 2 aromatic heterocycles. The molecular weight excluding hydrogens is 501 g/mol. The van der Waals surface area contributed by atoms with Crippen molar-refractivity contribution in [2.75, 3.05) is 25.5 Å². The number of rotatable bonds is 11. The van der Waals surface area contributed by atoms with Crippen LogP contribution in [0.2, 0.25) is 0 Å². The maximum atomic E-state index is 13.7. The van der Waals surface area contributed by atoms with Crippen LogP contribution in [-0.2, 0) is 39.2 Å². The fourth-order valence-electron chi connectivity index (χ4n) is 3.75. The highest BCUT2D eigenvalue weighted by atomic mass is 31.2. The second-order valence-electron chi connectivity index (χ2n) is 11.7. The van der Waals surface area contributed by atoms with Crippen LogP contribution >= 0.6 is 7.60 Å². The maximum Gasteiger partial charge on any atom is 0.336 e. The minimum atomic E-state index is -3.82. The highest BCUT2D eigenvalue weighted by Gasteiger charge is 2.50. The Balaban J connectivity index is 1.71. The first-order chi connectivity index (χ1) is 17.1. The predicted molar refractivity (Wildman–Crippen MR) is 136 cm³/mol. The molecule has 206 valence electrons. The highest BCUT2D eigenvalue weighted by Crippen LogP contribution is 2.60. The number of nitrogen functional groups attached to an aromatic ring is 1. The fourth-order valence-corrected chi connectivity index (χ4v) is 5.52. The number of carbonyl (C=O) groups excluding carboxylic acids is 2. The Labute approximate surface area is 217 Å². The molecule has 12 nitrogen and oxygen atoms in total. The standard InChI is InChI=1S/C24H38N5O7P/c1-16(24(8-9-24)11-29-13-28-17-18(25)26-12-27-19(17)29)10-37(32,35-14-33-20(30)22(2,3)4)36-15-34-21(31)23(5,6)7/h12-13,16H,8-11,14-15H2,1-7H3,(H2,25,26,27). The van der Waals surface area contributed by atoms with Crippen molar-refractivity contribution in [3.8, 4) is 0 Å². The van der Waals surface area contributed by atoms with Gasteiger partial charge < -0.3 is 19.8 Å². The van der Waals surface area contributed by atoms with Crippen molar-refractivity contribution in [3.05, 3.63) is 12.7 Å². The number of carbonyl (C=O) groups is 2. The summed E-state index contributed by atoms with van der Waals surface area (Å²) < 4.78 is 37.0. The molecule has 1 aliphatic carbocycles. The first-order valence-electron chi connectivity index (χ1n) is 12.2. The van der Waals surface area contributed by atoms with Gasteiger partial charge in [0.1, 0.15) is 11.8 Å². The quantitative estimate of drug-likeness (QED) is 0.248. The van der Waals surface area contributed by atoms with E-state index >= 15 is 0 Å². The van der Waals surface area contributed by atoms with Crippen LogP contribution < -0.4 is 5.73 Å². The molecule has 0 aliphatic heterocycles. The number of fused-ring (bicyclic) bond motifs is 1. The van der Waals surface area contributed by atoms with Gasteiger partial charge in [-0.25, -0.2) is 15.0 Å². The average Bonchev–Trinajstić information content (AvgIpc) is 3.45. The van der Waals surface area contributed by atoms with Gasteiger partial charge in [-0.05, 0) is 65.7 Å². The van der Waals surface area contributed by atoms with Gasteiger partial charge in [-0.15, -0.1) is 0 Å². The molecule has 3 rings (SSSR count). The Morgan fingerprint density at radius 3 is 2.05 bits per heavy atom. The van der Waals surface area contributed by atoms with E-state index in [1.807, 2.05) is 11.5 Å². The van der Waals surface area contributed by atoms with Gasteiger partial charge in [0.2, 0.25) is 13.6 Å². The van der Waals surface area contributed by atoms with E-state index in [1.54, 1.807) is 47.9 Å². The number of esters is 2. The molecule has 0 spiro atoms. The Morgan fingerprint density at radius 2 is 1.57 bits per heavy atom. The van der Waals surface area contributed by atoms with E-state index in [0.717, 1.165) is 12.8 Å². The van der Waals surface area contributed by atoms with Gasteiger partial charge in [-0.3, -0.25) is 23.2 Å². The summed E-state index contributed by atoms with van der Waals surface area (Å²) in [5, 5.41) is 0. The number of hydrogen-bond acceptors (Lipinski definition) is 11. The largest absolute Gasteiger partial charge is 0.438 e. The topological polar surface area (TPSA) is 158 Å². The number of imidazole rings is 1. The van der Waals surface area contributed by atoms with Crippen molar-refractivity contribution in [2.45, 2.75) is 67.9 Å². The Bertz CT molecular complexity index is 1140. The van der Waals surface area contributed by atoms with Gasteiger partial charge in [0, 0.05) is 6.54 Å². The normalized spacial score (nSPS) is 16.4. The summed E-state index contributed by atoms with van der Waals surface area (Å²) in [6.07, 6.45) is 4.90. The summed E-state index contributed by atoms with van der Waals surface area (Å²) in [7, 11) is -3.82. The molecule has 2 aromatic rings. The molecule has 1 saturated carbocycles. The zero-order valence-electron chi connectivity index (χ0n) is 22.6. The van der Waals surface area contributed by atoms with E-state index in [4.69, 9.17) is 24.3 Å². The zero-order valence-corrected chi connectivity index (χ0v) is 23.5. The molecule has 0 saturated heterocycles. The van der Waals surface area contributed by atoms with Crippen molar-refractivity contribution in [2.24, 2.45) is 22.2 Å². The number of hydrogen-bond donors (Lipinski definition) is 1. The molecule has 0 radical (unpaired) electrons. The third-order valence-corrected chi connectivity index (χ3v) is 8.45. The average molecular weight is 540 g/mol. The zero-order chi connectivity index (χ0) is 27.6. The predicted octanol–water partition coefficient (Wildman–Crippen LogP) is 4.14. The van der Waals surface area contributed by atoms with Crippen LogP contribution in [0.4, 0.5) is 5.82 Å². The van der Waals surface area contributed by atoms with E-state index in [9.17, 15) is 14.2 Å². The fraction of sp³-hybridized carbons (Fsp3) is 0.708. The first-order valence-corrected chi connectivity index (χ1v) is 13.9. The minimum absolute atomic E-state index is 0.0386. The monoisotopic (exact) mass is 539 g/mol. The van der Waals surface area contributed by atoms with Gasteiger partial charge in [-0.2, -0.15) is 0 Å². The molecule has 2 heterocycles. The third-order valence-electron chi connectivity index (χ3n) is 6.45. The van der Waals surface area contributed by atoms with Gasteiger partial charge >= 0.3 is 19.5 Å². The summed E-state index contributed by atoms with van der Waals surface area (Å²) in [4.78, 5) is 36.9. The molecule has 1 atom stereocenters. The third kappa shape index (κ3) is 7.27. The molecule has 37 heavy (non-hydrogen) atoms. The van der Waals surface area contributed by atoms with Crippen molar-refractivity contribution in [3.63, 3.8) is 0 Å². The summed E-state index contributed by atoms with van der Waals surface area (Å²) in [6.45, 7) is 11.7. The molecule has 1 unspecified atom stereocenters. The van der Waals surface area contributed by atoms with Crippen molar-refractivity contribution in [1.29, 1.82) is 0 Å². The van der Waals surface area contributed by atoms with Gasteiger partial charge in [-0.1, -0.05) is 6.92 Å². The molecule has 0 amide bonds. The molecule has 2 N–H and O–H groups in total. The van der Waals surface area contributed by atoms with Crippen molar-refractivity contribution >= 4 is 36.5 Å². The van der Waals surface area contributed by atoms with Crippen LogP contribution in [0.25, 0.3) is 11.2 Å². The van der Waals surface area contributed by atoms with E-state index in [2.05, 4.69) is 15.0 Å². The minimum Gasteiger partial charge on any atom is -0.438 e. The van der Waals surface area contributed by atoms with Crippen molar-refractivity contribution in [1.82, 2.24) is 19.5 Å². The van der Waals surface area contributed by atoms with Gasteiger partial charge in [0.05, 0.1) is 23.3 Å². The summed E-state index contributed by atoms with van der Waals surface area (Å²) in [5.74, 6) is -0.814. The lowest BCUT2D eigenvalue weighted by Crippen LogP contribution is -2.26.